The van der Waals surface area contributed by atoms with Crippen molar-refractivity contribution in [2.75, 3.05) is 12.3 Å². The first-order valence-electron chi connectivity index (χ1n) is 6.04. The molecular formula is C13H17N3. The predicted octanol–water partition coefficient (Wildman–Crippen LogP) is 2.69. The van der Waals surface area contributed by atoms with Crippen LogP contribution in [-0.2, 0) is 6.54 Å². The van der Waals surface area contributed by atoms with Gasteiger partial charge in [-0.05, 0) is 36.6 Å². The van der Waals surface area contributed by atoms with Crippen LogP contribution in [0, 0.1) is 0 Å². The number of nitrogens with zero attached hydrogens (tertiary/aromatic N) is 2. The zero-order valence-corrected chi connectivity index (χ0v) is 9.45. The summed E-state index contributed by atoms with van der Waals surface area (Å²) in [7, 11) is 0. The number of hydrogen-bond donors (Lipinski definition) is 1. The van der Waals surface area contributed by atoms with Gasteiger partial charge in [-0.2, -0.15) is 0 Å². The van der Waals surface area contributed by atoms with Crippen molar-refractivity contribution >= 4 is 17.2 Å². The van der Waals surface area contributed by atoms with E-state index in [0.717, 1.165) is 30.9 Å². The molecule has 2 aliphatic rings. The maximum atomic E-state index is 5.81. The van der Waals surface area contributed by atoms with Gasteiger partial charge in [0, 0.05) is 25.2 Å². The molecule has 84 valence electrons. The van der Waals surface area contributed by atoms with Gasteiger partial charge in [-0.15, -0.1) is 0 Å². The number of aliphatic imine (C=N–C) groups is 1. The van der Waals surface area contributed by atoms with E-state index in [0.29, 0.717) is 0 Å². The number of nitrogen functional groups attached to an aromatic ring is 1. The van der Waals surface area contributed by atoms with E-state index in [2.05, 4.69) is 11.0 Å². The lowest BCUT2D eigenvalue weighted by Crippen LogP contribution is -2.32. The summed E-state index contributed by atoms with van der Waals surface area (Å²) < 4.78 is 0. The minimum Gasteiger partial charge on any atom is -0.399 e. The van der Waals surface area contributed by atoms with Crippen molar-refractivity contribution in [2.24, 2.45) is 4.99 Å². The van der Waals surface area contributed by atoms with Gasteiger partial charge in [0.2, 0.25) is 0 Å². The Hall–Kier alpha value is -1.51. The van der Waals surface area contributed by atoms with Crippen LogP contribution in [0.2, 0.25) is 0 Å². The molecule has 0 bridgehead atoms. The lowest BCUT2D eigenvalue weighted by Gasteiger charge is -2.29. The second-order valence-electron chi connectivity index (χ2n) is 4.65. The zero-order chi connectivity index (χ0) is 11.0. The highest BCUT2D eigenvalue weighted by molar-refractivity contribution is 5.87. The van der Waals surface area contributed by atoms with E-state index in [9.17, 15) is 0 Å². The Labute approximate surface area is 96.0 Å². The van der Waals surface area contributed by atoms with Crippen LogP contribution >= 0.6 is 0 Å². The highest BCUT2D eigenvalue weighted by Gasteiger charge is 2.20. The number of hydrogen-bond acceptors (Lipinski definition) is 3. The number of nitrogens with two attached hydrogens (primary N) is 1. The maximum absolute atomic E-state index is 5.81. The summed E-state index contributed by atoms with van der Waals surface area (Å²) in [5.74, 6) is 1.27. The second kappa shape index (κ2) is 3.81. The van der Waals surface area contributed by atoms with Crippen LogP contribution in [0.5, 0.6) is 0 Å². The second-order valence-corrected chi connectivity index (χ2v) is 4.65. The summed E-state index contributed by atoms with van der Waals surface area (Å²) in [4.78, 5) is 7.17. The molecule has 0 aromatic heterocycles. The third-order valence-electron chi connectivity index (χ3n) is 3.41. The van der Waals surface area contributed by atoms with Gasteiger partial charge in [0.15, 0.2) is 0 Å². The van der Waals surface area contributed by atoms with Crippen LogP contribution in [0.4, 0.5) is 11.4 Å². The number of anilines is 1. The molecule has 1 aromatic carbocycles. The van der Waals surface area contributed by atoms with Crippen molar-refractivity contribution in [1.82, 2.24) is 4.90 Å². The number of benzene rings is 1. The summed E-state index contributed by atoms with van der Waals surface area (Å²) in [6, 6.07) is 6.04. The Morgan fingerprint density at radius 3 is 3.06 bits per heavy atom. The molecule has 16 heavy (non-hydrogen) atoms. The van der Waals surface area contributed by atoms with Crippen LogP contribution in [0.25, 0.3) is 0 Å². The molecule has 0 spiro atoms. The fourth-order valence-corrected chi connectivity index (χ4v) is 2.53. The smallest absolute Gasteiger partial charge is 0.105 e. The predicted molar refractivity (Wildman–Crippen MR) is 66.8 cm³/mol. The summed E-state index contributed by atoms with van der Waals surface area (Å²) in [6.45, 7) is 2.13. The fourth-order valence-electron chi connectivity index (χ4n) is 2.53. The highest BCUT2D eigenvalue weighted by Crippen LogP contribution is 2.30. The van der Waals surface area contributed by atoms with E-state index in [-0.39, 0.29) is 0 Å². The van der Waals surface area contributed by atoms with Gasteiger partial charge < -0.3 is 10.6 Å². The molecule has 0 unspecified atom stereocenters. The molecule has 2 N–H and O–H groups in total. The fraction of sp³-hybridized carbons (Fsp3) is 0.462. The average Bonchev–Trinajstić information content (AvgIpc) is 2.50. The van der Waals surface area contributed by atoms with Crippen LogP contribution in [0.1, 0.15) is 31.2 Å². The molecule has 3 nitrogen and oxygen atoms in total. The standard InChI is InChI=1S/C13H17N3/c14-11-5-6-12-10(8-11)9-16-7-3-1-2-4-13(16)15-12/h5-6,8H,1-4,7,9,14H2. The van der Waals surface area contributed by atoms with Crippen molar-refractivity contribution in [3.05, 3.63) is 23.8 Å². The average molecular weight is 215 g/mol. The summed E-state index contributed by atoms with van der Waals surface area (Å²) >= 11 is 0. The third-order valence-corrected chi connectivity index (χ3v) is 3.41. The molecule has 2 heterocycles. The first-order chi connectivity index (χ1) is 7.83. The van der Waals surface area contributed by atoms with Gasteiger partial charge >= 0.3 is 0 Å². The van der Waals surface area contributed by atoms with Crippen molar-refractivity contribution in [3.63, 3.8) is 0 Å². The molecule has 0 radical (unpaired) electrons. The molecule has 2 aliphatic heterocycles. The Bertz CT molecular complexity index is 437. The maximum Gasteiger partial charge on any atom is 0.105 e. The van der Waals surface area contributed by atoms with Gasteiger partial charge in [-0.3, -0.25) is 0 Å². The van der Waals surface area contributed by atoms with Crippen LogP contribution in [0.15, 0.2) is 23.2 Å². The van der Waals surface area contributed by atoms with Gasteiger partial charge in [0.05, 0.1) is 5.69 Å². The monoisotopic (exact) mass is 215 g/mol. The number of fused-ring (bicyclic) bond motifs is 2. The number of rotatable bonds is 0. The number of amidine groups is 1. The van der Waals surface area contributed by atoms with E-state index in [1.807, 2.05) is 12.1 Å². The largest absolute Gasteiger partial charge is 0.399 e. The Morgan fingerprint density at radius 1 is 1.19 bits per heavy atom. The van der Waals surface area contributed by atoms with Crippen molar-refractivity contribution in [2.45, 2.75) is 32.2 Å². The third kappa shape index (κ3) is 1.66. The minimum absolute atomic E-state index is 0.840. The lowest BCUT2D eigenvalue weighted by atomic mass is 10.1. The van der Waals surface area contributed by atoms with Crippen LogP contribution < -0.4 is 5.73 Å². The molecule has 0 atom stereocenters. The molecule has 0 amide bonds. The van der Waals surface area contributed by atoms with E-state index >= 15 is 0 Å². The van der Waals surface area contributed by atoms with Crippen molar-refractivity contribution in [3.8, 4) is 0 Å². The van der Waals surface area contributed by atoms with Crippen LogP contribution in [0.3, 0.4) is 0 Å². The van der Waals surface area contributed by atoms with Gasteiger partial charge in [0.25, 0.3) is 0 Å². The quantitative estimate of drug-likeness (QED) is 0.676. The molecule has 0 saturated carbocycles. The van der Waals surface area contributed by atoms with Gasteiger partial charge in [-0.1, -0.05) is 6.42 Å². The molecule has 1 saturated heterocycles. The molecule has 3 heteroatoms. The summed E-state index contributed by atoms with van der Waals surface area (Å²) in [6.07, 6.45) is 5.02. The highest BCUT2D eigenvalue weighted by atomic mass is 15.2. The van der Waals surface area contributed by atoms with Crippen LogP contribution in [-0.4, -0.2) is 17.3 Å². The minimum atomic E-state index is 0.840. The molecule has 0 aliphatic carbocycles. The summed E-state index contributed by atoms with van der Waals surface area (Å²) in [5, 5.41) is 0. The summed E-state index contributed by atoms with van der Waals surface area (Å²) in [5.41, 5.74) is 9.04. The Balaban J connectivity index is 1.99. The first-order valence-corrected chi connectivity index (χ1v) is 6.04. The Kier molecular flexibility index (Phi) is 2.31. The first kappa shape index (κ1) is 9.70. The molecule has 1 fully saturated rings. The van der Waals surface area contributed by atoms with Gasteiger partial charge in [-0.25, -0.2) is 4.99 Å². The van der Waals surface area contributed by atoms with Gasteiger partial charge in [0.1, 0.15) is 5.84 Å². The van der Waals surface area contributed by atoms with E-state index in [1.54, 1.807) is 0 Å². The lowest BCUT2D eigenvalue weighted by molar-refractivity contribution is 0.403. The molecule has 3 rings (SSSR count). The zero-order valence-electron chi connectivity index (χ0n) is 9.45. The van der Waals surface area contributed by atoms with E-state index < -0.39 is 0 Å². The van der Waals surface area contributed by atoms with E-state index in [1.165, 1.54) is 30.7 Å². The van der Waals surface area contributed by atoms with Crippen molar-refractivity contribution < 1.29 is 0 Å². The van der Waals surface area contributed by atoms with E-state index in [4.69, 9.17) is 10.7 Å². The molecule has 1 aromatic rings. The topological polar surface area (TPSA) is 41.6 Å². The SMILES string of the molecule is Nc1ccc2c(c1)CN1CCCCCC1=N2. The molecular weight excluding hydrogens is 198 g/mol. The normalized spacial score (nSPS) is 19.5. The van der Waals surface area contributed by atoms with Crippen molar-refractivity contribution in [1.29, 1.82) is 0 Å². The Morgan fingerprint density at radius 2 is 2.12 bits per heavy atom.